The third kappa shape index (κ3) is 7.55. The first-order valence-electron chi connectivity index (χ1n) is 12.2. The van der Waals surface area contributed by atoms with Crippen molar-refractivity contribution in [1.82, 2.24) is 4.57 Å². The van der Waals surface area contributed by atoms with E-state index in [4.69, 9.17) is 26.2 Å². The number of anilines is 1. The van der Waals surface area contributed by atoms with Gasteiger partial charge >= 0.3 is 5.97 Å². The number of carbonyl (C=O) groups excluding carboxylic acids is 2. The highest BCUT2D eigenvalue weighted by Gasteiger charge is 2.25. The Balaban J connectivity index is 2.05. The fourth-order valence-electron chi connectivity index (χ4n) is 3.99. The maximum absolute atomic E-state index is 13.4. The standard InChI is InChI=1S/C29H31ClN2O7/c1-17(33)21-11-8-19(30)14-22(21)23-15-26(34)32(16-25(23)38-5)24(12-13-39-29(2,3)4)27(35)31-20-9-6-18(7-10-20)28(36)37/h6-11,14-16,24H,12-13H2,1-5H3,(H,31,35)(H,36,37)/t24-/m1/s1. The number of Topliss-reactive ketones (excluding diaryl/α,β-unsaturated/α-hetero) is 1. The summed E-state index contributed by atoms with van der Waals surface area (Å²) in [5, 5.41) is 12.3. The molecule has 1 atom stereocenters. The highest BCUT2D eigenvalue weighted by atomic mass is 35.5. The highest BCUT2D eigenvalue weighted by molar-refractivity contribution is 6.31. The van der Waals surface area contributed by atoms with Crippen LogP contribution in [0.5, 0.6) is 5.75 Å². The van der Waals surface area contributed by atoms with E-state index in [-0.39, 0.29) is 30.1 Å². The first-order chi connectivity index (χ1) is 18.3. The number of halogens is 1. The first kappa shape index (κ1) is 29.6. The van der Waals surface area contributed by atoms with Crippen LogP contribution in [-0.4, -0.2) is 46.7 Å². The summed E-state index contributed by atoms with van der Waals surface area (Å²) >= 11 is 6.19. The normalized spacial score (nSPS) is 12.1. The van der Waals surface area contributed by atoms with Gasteiger partial charge in [0.05, 0.1) is 24.5 Å². The summed E-state index contributed by atoms with van der Waals surface area (Å²) in [5.74, 6) is -1.53. The van der Waals surface area contributed by atoms with Crippen molar-refractivity contribution in [2.75, 3.05) is 19.0 Å². The summed E-state index contributed by atoms with van der Waals surface area (Å²) in [5.41, 5.74) is 0.645. The number of aromatic carboxylic acids is 1. The molecule has 0 saturated carbocycles. The molecule has 3 rings (SSSR count). The number of methoxy groups -OCH3 is 1. The number of rotatable bonds is 10. The molecule has 0 fully saturated rings. The molecule has 0 aliphatic rings. The van der Waals surface area contributed by atoms with Gasteiger partial charge in [0, 0.05) is 40.9 Å². The molecule has 10 heteroatoms. The number of nitrogens with one attached hydrogen (secondary N) is 1. The van der Waals surface area contributed by atoms with Crippen LogP contribution in [0, 0.1) is 0 Å². The van der Waals surface area contributed by atoms with Gasteiger partial charge in [-0.2, -0.15) is 0 Å². The number of nitrogens with zero attached hydrogens (tertiary/aromatic N) is 1. The van der Waals surface area contributed by atoms with Gasteiger partial charge in [0.2, 0.25) is 5.91 Å². The number of ether oxygens (including phenoxy) is 2. The van der Waals surface area contributed by atoms with Gasteiger partial charge in [-0.15, -0.1) is 0 Å². The average molecular weight is 555 g/mol. The molecule has 1 amide bonds. The van der Waals surface area contributed by atoms with Crippen molar-refractivity contribution in [1.29, 1.82) is 0 Å². The third-order valence-electron chi connectivity index (χ3n) is 5.88. The maximum Gasteiger partial charge on any atom is 0.335 e. The maximum atomic E-state index is 13.4. The smallest absolute Gasteiger partial charge is 0.335 e. The molecule has 1 aromatic heterocycles. The Morgan fingerprint density at radius 3 is 2.28 bits per heavy atom. The van der Waals surface area contributed by atoms with Gasteiger partial charge in [0.1, 0.15) is 11.8 Å². The Morgan fingerprint density at radius 2 is 1.72 bits per heavy atom. The summed E-state index contributed by atoms with van der Waals surface area (Å²) in [6.45, 7) is 7.24. The number of pyridine rings is 1. The quantitative estimate of drug-likeness (QED) is 0.319. The summed E-state index contributed by atoms with van der Waals surface area (Å²) in [6.07, 6.45) is 1.59. The van der Waals surface area contributed by atoms with Crippen LogP contribution < -0.4 is 15.6 Å². The van der Waals surface area contributed by atoms with Gasteiger partial charge in [0.25, 0.3) is 5.56 Å². The van der Waals surface area contributed by atoms with Crippen molar-refractivity contribution in [3.8, 4) is 16.9 Å². The third-order valence-corrected chi connectivity index (χ3v) is 6.11. The van der Waals surface area contributed by atoms with Gasteiger partial charge < -0.3 is 19.9 Å². The molecule has 0 aliphatic heterocycles. The zero-order chi connectivity index (χ0) is 28.9. The van der Waals surface area contributed by atoms with Crippen LogP contribution in [0.1, 0.15) is 60.9 Å². The van der Waals surface area contributed by atoms with Crippen molar-refractivity contribution >= 4 is 34.9 Å². The van der Waals surface area contributed by atoms with E-state index in [9.17, 15) is 19.2 Å². The van der Waals surface area contributed by atoms with Crippen LogP contribution in [0.4, 0.5) is 5.69 Å². The molecule has 0 spiro atoms. The average Bonchev–Trinajstić information content (AvgIpc) is 2.86. The van der Waals surface area contributed by atoms with Gasteiger partial charge in [-0.3, -0.25) is 19.0 Å². The second kappa shape index (κ2) is 12.3. The van der Waals surface area contributed by atoms with Crippen LogP contribution >= 0.6 is 11.6 Å². The Kier molecular flexibility index (Phi) is 9.32. The minimum absolute atomic E-state index is 0.0746. The lowest BCUT2D eigenvalue weighted by molar-refractivity contribution is -0.120. The van der Waals surface area contributed by atoms with Crippen molar-refractivity contribution in [3.05, 3.63) is 81.2 Å². The Hall–Kier alpha value is -3.95. The lowest BCUT2D eigenvalue weighted by atomic mass is 9.97. The molecule has 2 aromatic carbocycles. The van der Waals surface area contributed by atoms with E-state index in [0.717, 1.165) is 0 Å². The van der Waals surface area contributed by atoms with Gasteiger partial charge in [0.15, 0.2) is 5.78 Å². The van der Waals surface area contributed by atoms with Crippen molar-refractivity contribution in [2.24, 2.45) is 0 Å². The van der Waals surface area contributed by atoms with Crippen LogP contribution in [0.25, 0.3) is 11.1 Å². The van der Waals surface area contributed by atoms with E-state index in [2.05, 4.69) is 5.32 Å². The molecule has 9 nitrogen and oxygen atoms in total. The Morgan fingerprint density at radius 1 is 1.05 bits per heavy atom. The number of aromatic nitrogens is 1. The molecule has 0 unspecified atom stereocenters. The number of hydrogen-bond acceptors (Lipinski definition) is 6. The van der Waals surface area contributed by atoms with Crippen molar-refractivity contribution in [3.63, 3.8) is 0 Å². The Labute approximate surface area is 231 Å². The molecule has 1 heterocycles. The number of carbonyl (C=O) groups is 3. The number of carboxylic acids is 1. The van der Waals surface area contributed by atoms with Crippen LogP contribution in [0.2, 0.25) is 5.02 Å². The summed E-state index contributed by atoms with van der Waals surface area (Å²) < 4.78 is 12.7. The zero-order valence-corrected chi connectivity index (χ0v) is 23.2. The molecule has 0 aliphatic carbocycles. The number of hydrogen-bond donors (Lipinski definition) is 2. The van der Waals surface area contributed by atoms with E-state index in [1.807, 2.05) is 20.8 Å². The first-order valence-corrected chi connectivity index (χ1v) is 12.6. The fraction of sp³-hybridized carbons (Fsp3) is 0.310. The van der Waals surface area contributed by atoms with Crippen molar-refractivity contribution < 1.29 is 29.0 Å². The van der Waals surface area contributed by atoms with Gasteiger partial charge in [-0.1, -0.05) is 11.6 Å². The fourth-order valence-corrected chi connectivity index (χ4v) is 4.16. The molecular weight excluding hydrogens is 524 g/mol. The second-order valence-electron chi connectivity index (χ2n) is 9.88. The SMILES string of the molecule is COc1cn([C@H](CCOC(C)(C)C)C(=O)Nc2ccc(C(=O)O)cc2)c(=O)cc1-c1cc(Cl)ccc1C(C)=O. The summed E-state index contributed by atoms with van der Waals surface area (Å²) in [4.78, 5) is 50.3. The number of ketones is 1. The predicted octanol–water partition coefficient (Wildman–Crippen LogP) is 5.46. The molecule has 0 bridgehead atoms. The minimum atomic E-state index is -1.09. The number of carboxylic acid groups (broad SMARTS) is 1. The molecular formula is C29H31ClN2O7. The van der Waals surface area contributed by atoms with E-state index in [1.165, 1.54) is 55.1 Å². The van der Waals surface area contributed by atoms with E-state index < -0.39 is 29.1 Å². The number of benzene rings is 2. The molecule has 0 radical (unpaired) electrons. The van der Waals surface area contributed by atoms with Gasteiger partial charge in [-0.25, -0.2) is 4.79 Å². The van der Waals surface area contributed by atoms with Crippen LogP contribution in [0.3, 0.4) is 0 Å². The Bertz CT molecular complexity index is 1440. The van der Waals surface area contributed by atoms with Crippen molar-refractivity contribution in [2.45, 2.75) is 45.8 Å². The van der Waals surface area contributed by atoms with Gasteiger partial charge in [-0.05, 0) is 75.7 Å². The molecule has 2 N–H and O–H groups in total. The predicted molar refractivity (Wildman–Crippen MR) is 149 cm³/mol. The zero-order valence-electron chi connectivity index (χ0n) is 22.4. The molecule has 0 saturated heterocycles. The molecule has 3 aromatic rings. The lowest BCUT2D eigenvalue weighted by Gasteiger charge is -2.24. The molecule has 206 valence electrons. The van der Waals surface area contributed by atoms with E-state index >= 15 is 0 Å². The second-order valence-corrected chi connectivity index (χ2v) is 10.3. The molecule has 39 heavy (non-hydrogen) atoms. The number of amides is 1. The largest absolute Gasteiger partial charge is 0.495 e. The van der Waals surface area contributed by atoms with Crippen LogP contribution in [0.15, 0.2) is 59.5 Å². The topological polar surface area (TPSA) is 124 Å². The summed E-state index contributed by atoms with van der Waals surface area (Å²) in [7, 11) is 1.42. The van der Waals surface area contributed by atoms with E-state index in [1.54, 1.807) is 18.2 Å². The van der Waals surface area contributed by atoms with E-state index in [0.29, 0.717) is 27.4 Å². The van der Waals surface area contributed by atoms with Crippen LogP contribution in [-0.2, 0) is 9.53 Å². The lowest BCUT2D eigenvalue weighted by Crippen LogP contribution is -2.34. The summed E-state index contributed by atoms with van der Waals surface area (Å²) in [6, 6.07) is 10.8. The minimum Gasteiger partial charge on any atom is -0.495 e. The highest BCUT2D eigenvalue weighted by Crippen LogP contribution is 2.34. The monoisotopic (exact) mass is 554 g/mol.